The summed E-state index contributed by atoms with van der Waals surface area (Å²) in [7, 11) is 3.95. The molecule has 0 aliphatic rings. The Balaban J connectivity index is 0.00000300. The number of benzene rings is 2. The summed E-state index contributed by atoms with van der Waals surface area (Å²) in [5.74, 6) is -0.0624. The third kappa shape index (κ3) is 6.27. The number of thiazole rings is 1. The minimum absolute atomic E-state index is 0. The minimum Gasteiger partial charge on any atom is -1.00 e. The van der Waals surface area contributed by atoms with Crippen molar-refractivity contribution in [1.29, 1.82) is 0 Å². The number of amides is 1. The summed E-state index contributed by atoms with van der Waals surface area (Å²) in [6.07, 6.45) is 0.762. The number of rotatable bonds is 8. The van der Waals surface area contributed by atoms with Crippen molar-refractivity contribution in [3.8, 4) is 5.75 Å². The summed E-state index contributed by atoms with van der Waals surface area (Å²) in [5, 5.41) is 1.07. The van der Waals surface area contributed by atoms with Crippen LogP contribution in [0.25, 0.3) is 10.2 Å². The topological polar surface area (TPSA) is 45.7 Å². The van der Waals surface area contributed by atoms with Gasteiger partial charge in [-0.1, -0.05) is 29.0 Å². The molecule has 0 atom stereocenters. The molecule has 0 saturated carbocycles. The third-order valence-corrected chi connectivity index (χ3v) is 5.35. The van der Waals surface area contributed by atoms with Crippen molar-refractivity contribution < 1.29 is 26.3 Å². The van der Waals surface area contributed by atoms with E-state index in [1.54, 1.807) is 41.3 Å². The molecule has 1 heterocycles. The maximum absolute atomic E-state index is 14.0. The monoisotopic (exact) mass is 456 g/mol. The van der Waals surface area contributed by atoms with Crippen LogP contribution < -0.4 is 22.0 Å². The van der Waals surface area contributed by atoms with Crippen molar-refractivity contribution in [2.24, 2.45) is 0 Å². The van der Waals surface area contributed by atoms with E-state index in [1.807, 2.05) is 19.0 Å². The predicted molar refractivity (Wildman–Crippen MR) is 112 cm³/mol. The molecule has 0 bridgehead atoms. The summed E-state index contributed by atoms with van der Waals surface area (Å²) < 4.78 is 20.3. The lowest BCUT2D eigenvalue weighted by Crippen LogP contribution is -3.00. The van der Waals surface area contributed by atoms with Crippen LogP contribution in [-0.2, 0) is 4.79 Å². The molecule has 0 unspecified atom stereocenters. The molecule has 0 aliphatic carbocycles. The van der Waals surface area contributed by atoms with Crippen LogP contribution in [0.3, 0.4) is 0 Å². The van der Waals surface area contributed by atoms with Gasteiger partial charge in [0.2, 0.25) is 0 Å². The number of carbonyl (C=O) groups excluding carboxylic acids is 1. The lowest BCUT2D eigenvalue weighted by Gasteiger charge is -2.21. The molecule has 5 nitrogen and oxygen atoms in total. The number of anilines is 1. The first kappa shape index (κ1) is 23.3. The smallest absolute Gasteiger partial charge is 0.266 e. The van der Waals surface area contributed by atoms with E-state index in [2.05, 4.69) is 4.98 Å². The van der Waals surface area contributed by atoms with Gasteiger partial charge in [-0.15, -0.1) is 0 Å². The standard InChI is InChI=1S/C20H21ClFN3O2S.ClH/c1-24(2)11-4-12-25(18(26)13-27-15-9-7-14(21)8-10-15)20-23-19-16(22)5-3-6-17(19)28-20;/h3,5-10H,4,11-13H2,1-2H3;1H/p-1. The zero-order chi connectivity index (χ0) is 20.1. The molecule has 0 N–H and O–H groups in total. The van der Waals surface area contributed by atoms with Gasteiger partial charge in [-0.25, -0.2) is 9.37 Å². The van der Waals surface area contributed by atoms with Crippen LogP contribution in [0.4, 0.5) is 9.52 Å². The van der Waals surface area contributed by atoms with Gasteiger partial charge in [0.15, 0.2) is 11.7 Å². The Labute approximate surface area is 184 Å². The fourth-order valence-electron chi connectivity index (χ4n) is 2.64. The molecular weight excluding hydrogens is 436 g/mol. The number of para-hydroxylation sites is 1. The number of hydrogen-bond acceptors (Lipinski definition) is 5. The van der Waals surface area contributed by atoms with Gasteiger partial charge in [0.25, 0.3) is 5.91 Å². The van der Waals surface area contributed by atoms with Crippen LogP contribution >= 0.6 is 22.9 Å². The van der Waals surface area contributed by atoms with Crippen molar-refractivity contribution in [3.63, 3.8) is 0 Å². The summed E-state index contributed by atoms with van der Waals surface area (Å²) in [6, 6.07) is 11.6. The summed E-state index contributed by atoms with van der Waals surface area (Å²) >= 11 is 7.16. The van der Waals surface area contributed by atoms with Crippen LogP contribution in [0, 0.1) is 5.82 Å². The number of halogens is 3. The zero-order valence-corrected chi connectivity index (χ0v) is 18.4. The first-order chi connectivity index (χ1) is 13.4. The quantitative estimate of drug-likeness (QED) is 0.514. The van der Waals surface area contributed by atoms with E-state index in [0.29, 0.717) is 27.1 Å². The second kappa shape index (κ2) is 10.7. The lowest BCUT2D eigenvalue weighted by atomic mass is 10.3. The SMILES string of the molecule is CN(C)CCCN(C(=O)COc1ccc(Cl)cc1)c1nc2c(F)cccc2s1.[Cl-]. The van der Waals surface area contributed by atoms with Crippen LogP contribution in [0.1, 0.15) is 6.42 Å². The van der Waals surface area contributed by atoms with E-state index >= 15 is 0 Å². The van der Waals surface area contributed by atoms with Crippen LogP contribution in [-0.4, -0.2) is 49.6 Å². The van der Waals surface area contributed by atoms with Gasteiger partial charge in [-0.05, 0) is 63.5 Å². The molecule has 0 saturated heterocycles. The number of hydrogen-bond donors (Lipinski definition) is 0. The fraction of sp³-hybridized carbons (Fsp3) is 0.300. The molecule has 9 heteroatoms. The van der Waals surface area contributed by atoms with Crippen molar-refractivity contribution >= 4 is 44.2 Å². The summed E-state index contributed by atoms with van der Waals surface area (Å²) in [6.45, 7) is 1.16. The van der Waals surface area contributed by atoms with Crippen LogP contribution in [0.2, 0.25) is 5.02 Å². The Morgan fingerprint density at radius 1 is 1.17 bits per heavy atom. The van der Waals surface area contributed by atoms with Crippen molar-refractivity contribution in [2.75, 3.05) is 38.7 Å². The van der Waals surface area contributed by atoms with Crippen molar-refractivity contribution in [3.05, 3.63) is 53.3 Å². The Morgan fingerprint density at radius 3 is 2.55 bits per heavy atom. The summed E-state index contributed by atoms with van der Waals surface area (Å²) in [5.41, 5.74) is 0.284. The van der Waals surface area contributed by atoms with Crippen LogP contribution in [0.5, 0.6) is 5.75 Å². The summed E-state index contributed by atoms with van der Waals surface area (Å²) in [4.78, 5) is 20.8. The highest BCUT2D eigenvalue weighted by molar-refractivity contribution is 7.22. The number of carbonyl (C=O) groups is 1. The number of nitrogens with zero attached hydrogens (tertiary/aromatic N) is 3. The van der Waals surface area contributed by atoms with E-state index in [4.69, 9.17) is 16.3 Å². The first-order valence-corrected chi connectivity index (χ1v) is 10.0. The minimum atomic E-state index is -0.391. The molecule has 156 valence electrons. The van der Waals surface area contributed by atoms with Gasteiger partial charge in [-0.3, -0.25) is 9.69 Å². The number of aromatic nitrogens is 1. The molecule has 1 aromatic heterocycles. The second-order valence-corrected chi connectivity index (χ2v) is 7.97. The van der Waals surface area contributed by atoms with Crippen LogP contribution in [0.15, 0.2) is 42.5 Å². The van der Waals surface area contributed by atoms with Gasteiger partial charge in [-0.2, -0.15) is 0 Å². The maximum Gasteiger partial charge on any atom is 0.266 e. The van der Waals surface area contributed by atoms with Gasteiger partial charge in [0, 0.05) is 11.6 Å². The van der Waals surface area contributed by atoms with E-state index in [0.717, 1.165) is 13.0 Å². The number of fused-ring (bicyclic) bond motifs is 1. The zero-order valence-electron chi connectivity index (χ0n) is 16.1. The Kier molecular flexibility index (Phi) is 8.64. The molecule has 0 aliphatic heterocycles. The molecule has 29 heavy (non-hydrogen) atoms. The third-order valence-electron chi connectivity index (χ3n) is 4.05. The highest BCUT2D eigenvalue weighted by Crippen LogP contribution is 2.30. The van der Waals surface area contributed by atoms with Gasteiger partial charge in [0.05, 0.1) is 4.70 Å². The Hall–Kier alpha value is -1.93. The van der Waals surface area contributed by atoms with Crippen molar-refractivity contribution in [2.45, 2.75) is 6.42 Å². The lowest BCUT2D eigenvalue weighted by molar-refractivity contribution is -0.120. The van der Waals surface area contributed by atoms with Gasteiger partial charge in [0.1, 0.15) is 17.1 Å². The maximum atomic E-state index is 14.0. The van der Waals surface area contributed by atoms with Gasteiger partial charge >= 0.3 is 0 Å². The molecule has 1 amide bonds. The molecule has 0 radical (unpaired) electrons. The van der Waals surface area contributed by atoms with E-state index in [-0.39, 0.29) is 30.4 Å². The van der Waals surface area contributed by atoms with Gasteiger partial charge < -0.3 is 22.0 Å². The molecule has 0 fully saturated rings. The van der Waals surface area contributed by atoms with Crippen molar-refractivity contribution in [1.82, 2.24) is 9.88 Å². The molecule has 2 aromatic carbocycles. The Bertz CT molecular complexity index is 951. The Morgan fingerprint density at radius 2 is 1.90 bits per heavy atom. The van der Waals surface area contributed by atoms with E-state index in [9.17, 15) is 9.18 Å². The van der Waals surface area contributed by atoms with E-state index < -0.39 is 5.82 Å². The molecule has 3 aromatic rings. The normalized spacial score (nSPS) is 10.8. The molecular formula is C20H21Cl2FN3O2S-. The number of ether oxygens (including phenoxy) is 1. The molecule has 3 rings (SSSR count). The fourth-order valence-corrected chi connectivity index (χ4v) is 3.79. The average Bonchev–Trinajstić information content (AvgIpc) is 3.09. The predicted octanol–water partition coefficient (Wildman–Crippen LogP) is 1.46. The first-order valence-electron chi connectivity index (χ1n) is 8.82. The largest absolute Gasteiger partial charge is 1.00 e. The highest BCUT2D eigenvalue weighted by atomic mass is 35.5. The average molecular weight is 457 g/mol. The second-order valence-electron chi connectivity index (χ2n) is 6.53. The highest BCUT2D eigenvalue weighted by Gasteiger charge is 2.21. The molecule has 0 spiro atoms. The van der Waals surface area contributed by atoms with E-state index in [1.165, 1.54) is 17.4 Å².